The Kier molecular flexibility index (Phi) is 7.49. The normalized spacial score (nSPS) is 12.8. The summed E-state index contributed by atoms with van der Waals surface area (Å²) < 4.78 is 4.72. The van der Waals surface area contributed by atoms with Crippen LogP contribution in [0.5, 0.6) is 0 Å². The first kappa shape index (κ1) is 15.9. The van der Waals surface area contributed by atoms with Gasteiger partial charge in [0, 0.05) is 12.6 Å². The molecule has 0 saturated heterocycles. The summed E-state index contributed by atoms with van der Waals surface area (Å²) in [5.74, 6) is -1.06. The van der Waals surface area contributed by atoms with Crippen LogP contribution in [-0.2, 0) is 14.3 Å². The summed E-state index contributed by atoms with van der Waals surface area (Å²) in [4.78, 5) is 23.7. The first-order chi connectivity index (χ1) is 7.82. The van der Waals surface area contributed by atoms with Gasteiger partial charge in [-0.05, 0) is 20.0 Å². The standard InChI is InChI=1S/C11H22N2O4/c1-8(2)9(5-13(3)4)12-10(14)6-17-7-11(15)16/h8-9H,5-7H2,1-4H3,(H,12,14)(H,15,16). The third-order valence-corrected chi connectivity index (χ3v) is 2.17. The van der Waals surface area contributed by atoms with Gasteiger partial charge in [0.05, 0.1) is 0 Å². The molecule has 1 amide bonds. The lowest BCUT2D eigenvalue weighted by Gasteiger charge is -2.25. The second-order valence-corrected chi connectivity index (χ2v) is 4.57. The Bertz CT molecular complexity index is 254. The lowest BCUT2D eigenvalue weighted by Crippen LogP contribution is -2.46. The molecule has 0 radical (unpaired) electrons. The van der Waals surface area contributed by atoms with Crippen molar-refractivity contribution in [3.8, 4) is 0 Å². The van der Waals surface area contributed by atoms with Gasteiger partial charge in [0.2, 0.25) is 5.91 Å². The summed E-state index contributed by atoms with van der Waals surface area (Å²) in [7, 11) is 3.87. The highest BCUT2D eigenvalue weighted by molar-refractivity contribution is 5.78. The SMILES string of the molecule is CC(C)C(CN(C)C)NC(=O)COCC(=O)O. The van der Waals surface area contributed by atoms with Gasteiger partial charge >= 0.3 is 5.97 Å². The molecule has 1 atom stereocenters. The van der Waals surface area contributed by atoms with Crippen LogP contribution in [0.2, 0.25) is 0 Å². The highest BCUT2D eigenvalue weighted by atomic mass is 16.5. The van der Waals surface area contributed by atoms with E-state index < -0.39 is 12.6 Å². The Morgan fingerprint density at radius 2 is 1.88 bits per heavy atom. The van der Waals surface area contributed by atoms with Crippen LogP contribution in [0.1, 0.15) is 13.8 Å². The molecule has 0 rings (SSSR count). The van der Waals surface area contributed by atoms with E-state index in [2.05, 4.69) is 5.32 Å². The minimum Gasteiger partial charge on any atom is -0.480 e. The highest BCUT2D eigenvalue weighted by Crippen LogP contribution is 2.02. The third-order valence-electron chi connectivity index (χ3n) is 2.17. The molecule has 0 spiro atoms. The molecule has 0 aliphatic rings. The number of nitrogens with one attached hydrogen (secondary N) is 1. The predicted octanol–water partition coefficient (Wildman–Crippen LogP) is -0.210. The van der Waals surface area contributed by atoms with E-state index in [1.165, 1.54) is 0 Å². The largest absolute Gasteiger partial charge is 0.480 e. The Morgan fingerprint density at radius 3 is 2.29 bits per heavy atom. The third kappa shape index (κ3) is 8.65. The minimum absolute atomic E-state index is 0.0333. The topological polar surface area (TPSA) is 78.9 Å². The van der Waals surface area contributed by atoms with Crippen LogP contribution in [0.4, 0.5) is 0 Å². The van der Waals surface area contributed by atoms with Crippen molar-refractivity contribution in [2.45, 2.75) is 19.9 Å². The number of carbonyl (C=O) groups excluding carboxylic acids is 1. The molecule has 1 unspecified atom stereocenters. The van der Waals surface area contributed by atoms with Crippen LogP contribution < -0.4 is 5.32 Å². The number of amides is 1. The molecule has 0 aliphatic carbocycles. The van der Waals surface area contributed by atoms with Crippen LogP contribution in [0, 0.1) is 5.92 Å². The molecular weight excluding hydrogens is 224 g/mol. The number of ether oxygens (including phenoxy) is 1. The van der Waals surface area contributed by atoms with Gasteiger partial charge < -0.3 is 20.1 Å². The number of carboxylic acids is 1. The van der Waals surface area contributed by atoms with E-state index in [0.29, 0.717) is 5.92 Å². The number of nitrogens with zero attached hydrogens (tertiary/aromatic N) is 1. The zero-order valence-electron chi connectivity index (χ0n) is 10.9. The van der Waals surface area contributed by atoms with E-state index in [1.807, 2.05) is 32.8 Å². The molecule has 0 bridgehead atoms. The molecule has 6 nitrogen and oxygen atoms in total. The molecule has 0 heterocycles. The second-order valence-electron chi connectivity index (χ2n) is 4.57. The molecule has 0 aromatic carbocycles. The van der Waals surface area contributed by atoms with E-state index in [4.69, 9.17) is 9.84 Å². The van der Waals surface area contributed by atoms with E-state index >= 15 is 0 Å². The second kappa shape index (κ2) is 8.03. The highest BCUT2D eigenvalue weighted by Gasteiger charge is 2.17. The lowest BCUT2D eigenvalue weighted by molar-refractivity contribution is -0.143. The Labute approximate surface area is 102 Å². The number of carbonyl (C=O) groups is 2. The van der Waals surface area contributed by atoms with Crippen LogP contribution in [0.25, 0.3) is 0 Å². The Hall–Kier alpha value is -1.14. The maximum Gasteiger partial charge on any atom is 0.329 e. The van der Waals surface area contributed by atoms with Crippen molar-refractivity contribution in [3.63, 3.8) is 0 Å². The van der Waals surface area contributed by atoms with Crippen molar-refractivity contribution in [2.24, 2.45) is 5.92 Å². The number of likely N-dealkylation sites (N-methyl/N-ethyl adjacent to an activating group) is 1. The molecule has 100 valence electrons. The molecule has 0 fully saturated rings. The maximum absolute atomic E-state index is 11.5. The first-order valence-corrected chi connectivity index (χ1v) is 5.56. The summed E-state index contributed by atoms with van der Waals surface area (Å²) in [5, 5.41) is 11.2. The van der Waals surface area contributed by atoms with Crippen molar-refractivity contribution in [2.75, 3.05) is 33.9 Å². The Morgan fingerprint density at radius 1 is 1.29 bits per heavy atom. The van der Waals surface area contributed by atoms with Gasteiger partial charge in [-0.25, -0.2) is 4.79 Å². The summed E-state index contributed by atoms with van der Waals surface area (Å²) in [5.41, 5.74) is 0. The van der Waals surface area contributed by atoms with Crippen molar-refractivity contribution < 1.29 is 19.4 Å². The van der Waals surface area contributed by atoms with E-state index in [9.17, 15) is 9.59 Å². The summed E-state index contributed by atoms with van der Waals surface area (Å²) in [6.07, 6.45) is 0. The molecule has 2 N–H and O–H groups in total. The first-order valence-electron chi connectivity index (χ1n) is 5.56. The molecular formula is C11H22N2O4. The van der Waals surface area contributed by atoms with Gasteiger partial charge in [0.1, 0.15) is 13.2 Å². The van der Waals surface area contributed by atoms with Crippen molar-refractivity contribution in [3.05, 3.63) is 0 Å². The molecule has 0 saturated carbocycles. The number of aliphatic carboxylic acids is 1. The minimum atomic E-state index is -1.08. The lowest BCUT2D eigenvalue weighted by atomic mass is 10.0. The van der Waals surface area contributed by atoms with Crippen LogP contribution >= 0.6 is 0 Å². The molecule has 17 heavy (non-hydrogen) atoms. The summed E-state index contributed by atoms with van der Waals surface area (Å²) in [6.45, 7) is 4.11. The molecule has 0 aliphatic heterocycles. The van der Waals surface area contributed by atoms with E-state index in [1.54, 1.807) is 0 Å². The van der Waals surface area contributed by atoms with Gasteiger partial charge in [-0.15, -0.1) is 0 Å². The van der Waals surface area contributed by atoms with Crippen molar-refractivity contribution in [1.82, 2.24) is 10.2 Å². The number of hydrogen-bond donors (Lipinski definition) is 2. The van der Waals surface area contributed by atoms with Crippen LogP contribution in [0.15, 0.2) is 0 Å². The average molecular weight is 246 g/mol. The fourth-order valence-corrected chi connectivity index (χ4v) is 1.30. The fraction of sp³-hybridized carbons (Fsp3) is 0.818. The van der Waals surface area contributed by atoms with Gasteiger partial charge in [-0.3, -0.25) is 4.79 Å². The van der Waals surface area contributed by atoms with E-state index in [0.717, 1.165) is 6.54 Å². The van der Waals surface area contributed by atoms with Gasteiger partial charge in [-0.1, -0.05) is 13.8 Å². The van der Waals surface area contributed by atoms with Crippen molar-refractivity contribution >= 4 is 11.9 Å². The maximum atomic E-state index is 11.5. The monoisotopic (exact) mass is 246 g/mol. The molecule has 0 aromatic rings. The summed E-state index contributed by atoms with van der Waals surface area (Å²) >= 11 is 0. The Balaban J connectivity index is 3.99. The van der Waals surface area contributed by atoms with Gasteiger partial charge in [0.15, 0.2) is 0 Å². The van der Waals surface area contributed by atoms with Crippen molar-refractivity contribution in [1.29, 1.82) is 0 Å². The van der Waals surface area contributed by atoms with Gasteiger partial charge in [-0.2, -0.15) is 0 Å². The van der Waals surface area contributed by atoms with E-state index in [-0.39, 0.29) is 18.6 Å². The quantitative estimate of drug-likeness (QED) is 0.619. The zero-order valence-corrected chi connectivity index (χ0v) is 10.9. The number of carboxylic acid groups (broad SMARTS) is 1. The number of hydrogen-bond acceptors (Lipinski definition) is 4. The summed E-state index contributed by atoms with van der Waals surface area (Å²) in [6, 6.07) is 0.0333. The van der Waals surface area contributed by atoms with Crippen LogP contribution in [0.3, 0.4) is 0 Å². The number of rotatable bonds is 8. The fourth-order valence-electron chi connectivity index (χ4n) is 1.30. The average Bonchev–Trinajstić information content (AvgIpc) is 2.15. The smallest absolute Gasteiger partial charge is 0.329 e. The van der Waals surface area contributed by atoms with Gasteiger partial charge in [0.25, 0.3) is 0 Å². The predicted molar refractivity (Wildman–Crippen MR) is 63.8 cm³/mol. The zero-order chi connectivity index (χ0) is 13.4. The molecule has 6 heteroatoms. The molecule has 0 aromatic heterocycles. The van der Waals surface area contributed by atoms with Crippen LogP contribution in [-0.4, -0.2) is 61.8 Å².